The number of amides is 2. The minimum Gasteiger partial charge on any atom is -0.355 e. The molecule has 0 aromatic heterocycles. The summed E-state index contributed by atoms with van der Waals surface area (Å²) >= 11 is 0. The number of hydrogen-bond donors (Lipinski definition) is 2. The molecule has 0 aliphatic carbocycles. The average Bonchev–Trinajstić information content (AvgIpc) is 2.70. The third kappa shape index (κ3) is 6.75. The molecule has 1 fully saturated rings. The van der Waals surface area contributed by atoms with Crippen molar-refractivity contribution < 1.29 is 14.4 Å². The van der Waals surface area contributed by atoms with Gasteiger partial charge in [-0.2, -0.15) is 0 Å². The molecular weight excluding hydrogens is 354 g/mol. The maximum Gasteiger partial charge on any atom is 0.224 e. The summed E-state index contributed by atoms with van der Waals surface area (Å²) in [6.07, 6.45) is 2.95. The Morgan fingerprint density at radius 3 is 2.54 bits per heavy atom. The molecule has 1 heterocycles. The Bertz CT molecular complexity index is 670. The maximum absolute atomic E-state index is 12.5. The van der Waals surface area contributed by atoms with Gasteiger partial charge in [0.25, 0.3) is 0 Å². The Hall–Kier alpha value is -2.21. The zero-order valence-electron chi connectivity index (χ0n) is 17.1. The number of ketones is 1. The van der Waals surface area contributed by atoms with Crippen LogP contribution in [0.2, 0.25) is 0 Å². The number of benzene rings is 1. The summed E-state index contributed by atoms with van der Waals surface area (Å²) in [5.74, 6) is 0.277. The number of piperidine rings is 1. The fraction of sp³-hybridized carbons (Fsp3) is 0.591. The fourth-order valence-corrected chi connectivity index (χ4v) is 3.58. The molecule has 1 aliphatic heterocycles. The van der Waals surface area contributed by atoms with Gasteiger partial charge in [-0.15, -0.1) is 0 Å². The molecule has 1 aliphatic rings. The van der Waals surface area contributed by atoms with Gasteiger partial charge in [-0.3, -0.25) is 14.4 Å². The molecule has 2 rings (SSSR count). The summed E-state index contributed by atoms with van der Waals surface area (Å²) in [6.45, 7) is 6.26. The second-order valence-electron chi connectivity index (χ2n) is 7.98. The molecule has 1 unspecified atom stereocenters. The highest BCUT2D eigenvalue weighted by Crippen LogP contribution is 2.18. The van der Waals surface area contributed by atoms with Crippen LogP contribution in [0.1, 0.15) is 55.5 Å². The lowest BCUT2D eigenvalue weighted by molar-refractivity contribution is -0.135. The molecule has 2 amide bonds. The highest BCUT2D eigenvalue weighted by molar-refractivity contribution is 5.98. The van der Waals surface area contributed by atoms with Crippen LogP contribution >= 0.6 is 0 Å². The number of hydrogen-bond acceptors (Lipinski definition) is 4. The predicted octanol–water partition coefficient (Wildman–Crippen LogP) is 2.16. The van der Waals surface area contributed by atoms with Crippen LogP contribution in [-0.2, 0) is 16.0 Å². The van der Waals surface area contributed by atoms with Crippen LogP contribution in [-0.4, -0.2) is 48.7 Å². The van der Waals surface area contributed by atoms with E-state index >= 15 is 0 Å². The molecular formula is C22H33N3O3. The van der Waals surface area contributed by atoms with Gasteiger partial charge in [0.1, 0.15) is 0 Å². The van der Waals surface area contributed by atoms with Crippen molar-refractivity contribution in [3.8, 4) is 0 Å². The number of nitrogens with one attached hydrogen (secondary N) is 1. The van der Waals surface area contributed by atoms with E-state index < -0.39 is 0 Å². The molecule has 6 heteroatoms. The van der Waals surface area contributed by atoms with Gasteiger partial charge < -0.3 is 16.0 Å². The number of likely N-dealkylation sites (tertiary alicyclic amines) is 1. The summed E-state index contributed by atoms with van der Waals surface area (Å²) in [4.78, 5) is 38.8. The molecule has 6 nitrogen and oxygen atoms in total. The average molecular weight is 388 g/mol. The topological polar surface area (TPSA) is 92.5 Å². The quantitative estimate of drug-likeness (QED) is 0.635. The van der Waals surface area contributed by atoms with Crippen molar-refractivity contribution in [3.05, 3.63) is 35.4 Å². The number of nitrogens with two attached hydrogens (primary N) is 1. The normalized spacial score (nSPS) is 16.9. The first-order valence-corrected chi connectivity index (χ1v) is 10.3. The van der Waals surface area contributed by atoms with Crippen LogP contribution in [0.25, 0.3) is 0 Å². The van der Waals surface area contributed by atoms with Gasteiger partial charge in [0.05, 0.1) is 5.92 Å². The van der Waals surface area contributed by atoms with E-state index in [1.54, 1.807) is 4.90 Å². The summed E-state index contributed by atoms with van der Waals surface area (Å²) in [7, 11) is 0. The van der Waals surface area contributed by atoms with Crippen molar-refractivity contribution in [2.24, 2.45) is 17.6 Å². The number of rotatable bonds is 9. The molecule has 1 atom stereocenters. The molecule has 0 bridgehead atoms. The maximum atomic E-state index is 12.5. The van der Waals surface area contributed by atoms with E-state index in [9.17, 15) is 14.4 Å². The first kappa shape index (κ1) is 22.1. The highest BCUT2D eigenvalue weighted by Gasteiger charge is 2.28. The second kappa shape index (κ2) is 11.0. The van der Waals surface area contributed by atoms with Crippen molar-refractivity contribution in [2.75, 3.05) is 26.2 Å². The van der Waals surface area contributed by atoms with Crippen molar-refractivity contribution in [3.63, 3.8) is 0 Å². The van der Waals surface area contributed by atoms with Crippen molar-refractivity contribution >= 4 is 17.6 Å². The SMILES string of the molecule is CC(C)Cc1ccc(C(=O)CCC(=O)N2CCCC(C(=O)NCCN)C2)cc1. The van der Waals surface area contributed by atoms with Gasteiger partial charge >= 0.3 is 0 Å². The summed E-state index contributed by atoms with van der Waals surface area (Å²) < 4.78 is 0. The molecule has 1 saturated heterocycles. The van der Waals surface area contributed by atoms with Crippen molar-refractivity contribution in [2.45, 2.75) is 46.0 Å². The summed E-state index contributed by atoms with van der Waals surface area (Å²) in [5, 5.41) is 2.79. The molecule has 0 saturated carbocycles. The highest BCUT2D eigenvalue weighted by atomic mass is 16.2. The van der Waals surface area contributed by atoms with Crippen LogP contribution in [0.3, 0.4) is 0 Å². The van der Waals surface area contributed by atoms with E-state index in [2.05, 4.69) is 19.2 Å². The van der Waals surface area contributed by atoms with E-state index in [4.69, 9.17) is 5.73 Å². The molecule has 0 radical (unpaired) electrons. The first-order valence-electron chi connectivity index (χ1n) is 10.3. The molecule has 154 valence electrons. The van der Waals surface area contributed by atoms with Gasteiger partial charge in [-0.25, -0.2) is 0 Å². The Kier molecular flexibility index (Phi) is 8.64. The van der Waals surface area contributed by atoms with Crippen LogP contribution in [0.15, 0.2) is 24.3 Å². The standard InChI is InChI=1S/C22H33N3O3/c1-16(2)14-17-5-7-18(8-6-17)20(26)9-10-21(27)25-13-3-4-19(15-25)22(28)24-12-11-23/h5-8,16,19H,3-4,9-15,23H2,1-2H3,(H,24,28). The lowest BCUT2D eigenvalue weighted by atomic mass is 9.96. The second-order valence-corrected chi connectivity index (χ2v) is 7.98. The number of nitrogens with zero attached hydrogens (tertiary/aromatic N) is 1. The van der Waals surface area contributed by atoms with Crippen molar-refractivity contribution in [1.29, 1.82) is 0 Å². The first-order chi connectivity index (χ1) is 13.4. The molecule has 28 heavy (non-hydrogen) atoms. The monoisotopic (exact) mass is 387 g/mol. The van der Waals surface area contributed by atoms with Crippen LogP contribution in [0.5, 0.6) is 0 Å². The van der Waals surface area contributed by atoms with Gasteiger partial charge in [0.2, 0.25) is 11.8 Å². The van der Waals surface area contributed by atoms with Gasteiger partial charge in [0, 0.05) is 44.6 Å². The number of Topliss-reactive ketones (excluding diaryl/α,β-unsaturated/α-hetero) is 1. The van der Waals surface area contributed by atoms with E-state index in [-0.39, 0.29) is 36.4 Å². The summed E-state index contributed by atoms with van der Waals surface area (Å²) in [5.41, 5.74) is 7.28. The van der Waals surface area contributed by atoms with Crippen LogP contribution in [0, 0.1) is 11.8 Å². The third-order valence-corrected chi connectivity index (χ3v) is 5.07. The zero-order valence-corrected chi connectivity index (χ0v) is 17.1. The Labute approximate surface area is 167 Å². The van der Waals surface area contributed by atoms with Gasteiger partial charge in [-0.1, -0.05) is 38.1 Å². The molecule has 1 aromatic rings. The molecule has 3 N–H and O–H groups in total. The van der Waals surface area contributed by atoms with Crippen LogP contribution in [0.4, 0.5) is 0 Å². The molecule has 0 spiro atoms. The Morgan fingerprint density at radius 2 is 1.89 bits per heavy atom. The van der Waals surface area contributed by atoms with Gasteiger partial charge in [0.15, 0.2) is 5.78 Å². The van der Waals surface area contributed by atoms with Crippen LogP contribution < -0.4 is 11.1 Å². The minimum atomic E-state index is -0.187. The van der Waals surface area contributed by atoms with E-state index in [0.717, 1.165) is 19.3 Å². The van der Waals surface area contributed by atoms with E-state index in [0.29, 0.717) is 37.7 Å². The number of carbonyl (C=O) groups is 3. The molecule has 1 aromatic carbocycles. The van der Waals surface area contributed by atoms with Crippen molar-refractivity contribution in [1.82, 2.24) is 10.2 Å². The Balaban J connectivity index is 1.82. The fourth-order valence-electron chi connectivity index (χ4n) is 3.58. The zero-order chi connectivity index (χ0) is 20.5. The van der Waals surface area contributed by atoms with E-state index in [1.807, 2.05) is 24.3 Å². The Morgan fingerprint density at radius 1 is 1.18 bits per heavy atom. The number of carbonyl (C=O) groups excluding carboxylic acids is 3. The smallest absolute Gasteiger partial charge is 0.224 e. The third-order valence-electron chi connectivity index (χ3n) is 5.07. The minimum absolute atomic E-state index is 0.0151. The largest absolute Gasteiger partial charge is 0.355 e. The lowest BCUT2D eigenvalue weighted by Crippen LogP contribution is -2.46. The summed E-state index contributed by atoms with van der Waals surface area (Å²) in [6, 6.07) is 7.68. The van der Waals surface area contributed by atoms with Gasteiger partial charge in [-0.05, 0) is 30.7 Å². The lowest BCUT2D eigenvalue weighted by Gasteiger charge is -2.32. The predicted molar refractivity (Wildman–Crippen MR) is 110 cm³/mol. The van der Waals surface area contributed by atoms with E-state index in [1.165, 1.54) is 5.56 Å².